The number of carbonyl (C=O) groups excluding carboxylic acids is 1. The number of rotatable bonds is 5. The fourth-order valence-electron chi connectivity index (χ4n) is 3.30. The molecule has 2 rings (SSSR count). The lowest BCUT2D eigenvalue weighted by molar-refractivity contribution is -0.904. The zero-order chi connectivity index (χ0) is 15.2. The summed E-state index contributed by atoms with van der Waals surface area (Å²) in [5.41, 5.74) is 0.834. The van der Waals surface area contributed by atoms with Crippen LogP contribution >= 0.6 is 0 Å². The summed E-state index contributed by atoms with van der Waals surface area (Å²) in [6.45, 7) is 9.92. The van der Waals surface area contributed by atoms with Gasteiger partial charge in [0.25, 0.3) is 5.91 Å². The maximum absolute atomic E-state index is 12.1. The Morgan fingerprint density at radius 1 is 1.24 bits per heavy atom. The molecule has 0 bridgehead atoms. The third-order valence-electron chi connectivity index (χ3n) is 3.94. The summed E-state index contributed by atoms with van der Waals surface area (Å²) in [6.07, 6.45) is 1.28. The molecule has 1 unspecified atom stereocenters. The van der Waals surface area contributed by atoms with Gasteiger partial charge in [-0.3, -0.25) is 4.79 Å². The van der Waals surface area contributed by atoms with Gasteiger partial charge in [0, 0.05) is 17.5 Å². The molecule has 0 spiro atoms. The van der Waals surface area contributed by atoms with Crippen LogP contribution in [-0.4, -0.2) is 32.1 Å². The first-order valence-corrected chi connectivity index (χ1v) is 7.93. The van der Waals surface area contributed by atoms with E-state index in [1.54, 1.807) is 0 Å². The Morgan fingerprint density at radius 2 is 1.86 bits per heavy atom. The van der Waals surface area contributed by atoms with Crippen LogP contribution in [0.3, 0.4) is 0 Å². The van der Waals surface area contributed by atoms with Crippen molar-refractivity contribution in [2.24, 2.45) is 11.8 Å². The minimum absolute atomic E-state index is 0.0930. The summed E-state index contributed by atoms with van der Waals surface area (Å²) >= 11 is 0. The van der Waals surface area contributed by atoms with Crippen molar-refractivity contribution in [3.05, 3.63) is 24.3 Å². The average molecular weight is 291 g/mol. The van der Waals surface area contributed by atoms with E-state index in [-0.39, 0.29) is 5.91 Å². The lowest BCUT2D eigenvalue weighted by Crippen LogP contribution is -3.15. The second-order valence-electron chi connectivity index (χ2n) is 6.29. The van der Waals surface area contributed by atoms with Gasteiger partial charge in [0.2, 0.25) is 0 Å². The number of benzene rings is 1. The van der Waals surface area contributed by atoms with Gasteiger partial charge in [-0.25, -0.2) is 0 Å². The zero-order valence-corrected chi connectivity index (χ0v) is 13.3. The highest BCUT2D eigenvalue weighted by atomic mass is 16.5. The molecule has 1 heterocycles. The molecule has 1 aromatic carbocycles. The maximum atomic E-state index is 12.1. The van der Waals surface area contributed by atoms with Gasteiger partial charge in [0.05, 0.1) is 19.7 Å². The Kier molecular flexibility index (Phi) is 5.62. The lowest BCUT2D eigenvalue weighted by Gasteiger charge is -2.31. The smallest absolute Gasteiger partial charge is 0.279 e. The number of ether oxygens (including phenoxy) is 1. The van der Waals surface area contributed by atoms with Crippen molar-refractivity contribution in [2.45, 2.75) is 27.2 Å². The molecule has 1 amide bonds. The fraction of sp³-hybridized carbons (Fsp3) is 0.588. The normalized spacial score (nSPS) is 25.4. The Labute approximate surface area is 127 Å². The third kappa shape index (κ3) is 5.05. The van der Waals surface area contributed by atoms with Crippen molar-refractivity contribution in [3.63, 3.8) is 0 Å². The van der Waals surface area contributed by atoms with Crippen LogP contribution in [0.1, 0.15) is 27.2 Å². The Morgan fingerprint density at radius 3 is 2.43 bits per heavy atom. The maximum Gasteiger partial charge on any atom is 0.279 e. The lowest BCUT2D eigenvalue weighted by atomic mass is 9.92. The van der Waals surface area contributed by atoms with E-state index in [0.29, 0.717) is 25.0 Å². The number of amides is 1. The van der Waals surface area contributed by atoms with Crippen LogP contribution in [0, 0.1) is 11.8 Å². The molecule has 21 heavy (non-hydrogen) atoms. The zero-order valence-electron chi connectivity index (χ0n) is 13.3. The van der Waals surface area contributed by atoms with E-state index in [4.69, 9.17) is 4.74 Å². The summed E-state index contributed by atoms with van der Waals surface area (Å²) in [6, 6.07) is 7.55. The highest BCUT2D eigenvalue weighted by Gasteiger charge is 2.26. The van der Waals surface area contributed by atoms with Gasteiger partial charge in [-0.15, -0.1) is 0 Å². The first-order valence-electron chi connectivity index (χ1n) is 7.93. The second-order valence-corrected chi connectivity index (χ2v) is 6.29. The van der Waals surface area contributed by atoms with Crippen LogP contribution in [-0.2, 0) is 4.79 Å². The van der Waals surface area contributed by atoms with Crippen LogP contribution in [0.2, 0.25) is 0 Å². The van der Waals surface area contributed by atoms with Crippen LogP contribution < -0.4 is 15.0 Å². The number of anilines is 1. The molecule has 1 aliphatic heterocycles. The minimum Gasteiger partial charge on any atom is -0.494 e. The summed E-state index contributed by atoms with van der Waals surface area (Å²) in [5.74, 6) is 2.35. The predicted molar refractivity (Wildman–Crippen MR) is 84.7 cm³/mol. The number of carbonyl (C=O) groups is 1. The SMILES string of the molecule is CCOc1ccc(NC(=O)C[NH+]2C[C@H](C)C[C@H](C)C2)cc1. The van der Waals surface area contributed by atoms with Crippen molar-refractivity contribution >= 4 is 11.6 Å². The van der Waals surface area contributed by atoms with Crippen LogP contribution in [0.15, 0.2) is 24.3 Å². The number of likely N-dealkylation sites (tertiary alicyclic amines) is 1. The van der Waals surface area contributed by atoms with Gasteiger partial charge in [0.1, 0.15) is 5.75 Å². The number of nitrogens with one attached hydrogen (secondary N) is 2. The number of quaternary nitrogens is 1. The first-order chi connectivity index (χ1) is 10.1. The monoisotopic (exact) mass is 291 g/mol. The predicted octanol–water partition coefficient (Wildman–Crippen LogP) is 1.58. The van der Waals surface area contributed by atoms with Gasteiger partial charge in [0.15, 0.2) is 6.54 Å². The number of hydrogen-bond donors (Lipinski definition) is 2. The Bertz CT molecular complexity index is 448. The number of hydrogen-bond acceptors (Lipinski definition) is 2. The highest BCUT2D eigenvalue weighted by Crippen LogP contribution is 2.15. The molecule has 0 saturated carbocycles. The molecule has 0 radical (unpaired) electrons. The van der Waals surface area contributed by atoms with E-state index in [9.17, 15) is 4.79 Å². The molecule has 0 aromatic heterocycles. The number of piperidine rings is 1. The molecular weight excluding hydrogens is 264 g/mol. The summed E-state index contributed by atoms with van der Waals surface area (Å²) in [7, 11) is 0. The van der Waals surface area contributed by atoms with Gasteiger partial charge < -0.3 is 15.0 Å². The minimum atomic E-state index is 0.0930. The van der Waals surface area contributed by atoms with Crippen LogP contribution in [0.4, 0.5) is 5.69 Å². The quantitative estimate of drug-likeness (QED) is 0.865. The van der Waals surface area contributed by atoms with Crippen molar-refractivity contribution in [2.75, 3.05) is 31.6 Å². The third-order valence-corrected chi connectivity index (χ3v) is 3.94. The second kappa shape index (κ2) is 7.46. The molecule has 3 atom stereocenters. The molecule has 1 aromatic rings. The van der Waals surface area contributed by atoms with Crippen LogP contribution in [0.25, 0.3) is 0 Å². The molecule has 116 valence electrons. The molecule has 4 nitrogen and oxygen atoms in total. The van der Waals surface area contributed by atoms with Gasteiger partial charge in [-0.05, 0) is 37.6 Å². The molecule has 2 N–H and O–H groups in total. The van der Waals surface area contributed by atoms with E-state index < -0.39 is 0 Å². The largest absolute Gasteiger partial charge is 0.494 e. The standard InChI is InChI=1S/C17H26N2O2/c1-4-21-16-7-5-15(6-8-16)18-17(20)12-19-10-13(2)9-14(3)11-19/h5-8,13-14H,4,9-12H2,1-3H3,(H,18,20)/p+1/t13-,14+. The van der Waals surface area contributed by atoms with E-state index in [1.807, 2.05) is 31.2 Å². The highest BCUT2D eigenvalue weighted by molar-refractivity contribution is 5.91. The van der Waals surface area contributed by atoms with Gasteiger partial charge in [-0.1, -0.05) is 13.8 Å². The molecule has 4 heteroatoms. The van der Waals surface area contributed by atoms with Crippen molar-refractivity contribution in [1.82, 2.24) is 0 Å². The van der Waals surface area contributed by atoms with E-state index >= 15 is 0 Å². The first kappa shape index (κ1) is 15.8. The van der Waals surface area contributed by atoms with Crippen molar-refractivity contribution in [3.8, 4) is 5.75 Å². The van der Waals surface area contributed by atoms with E-state index in [2.05, 4.69) is 19.2 Å². The van der Waals surface area contributed by atoms with Gasteiger partial charge >= 0.3 is 0 Å². The fourth-order valence-corrected chi connectivity index (χ4v) is 3.30. The summed E-state index contributed by atoms with van der Waals surface area (Å²) in [4.78, 5) is 13.5. The molecular formula is C17H27N2O2+. The van der Waals surface area contributed by atoms with E-state index in [1.165, 1.54) is 11.3 Å². The summed E-state index contributed by atoms with van der Waals surface area (Å²) < 4.78 is 5.39. The average Bonchev–Trinajstić information content (AvgIpc) is 2.40. The molecule has 1 aliphatic rings. The molecule has 0 aliphatic carbocycles. The van der Waals surface area contributed by atoms with Gasteiger partial charge in [-0.2, -0.15) is 0 Å². The van der Waals surface area contributed by atoms with E-state index in [0.717, 1.165) is 24.5 Å². The van der Waals surface area contributed by atoms with Crippen molar-refractivity contribution in [1.29, 1.82) is 0 Å². The topological polar surface area (TPSA) is 42.8 Å². The van der Waals surface area contributed by atoms with Crippen LogP contribution in [0.5, 0.6) is 5.75 Å². The van der Waals surface area contributed by atoms with Crippen molar-refractivity contribution < 1.29 is 14.4 Å². The molecule has 1 fully saturated rings. The molecule has 1 saturated heterocycles. The summed E-state index contributed by atoms with van der Waals surface area (Å²) in [5, 5.41) is 2.97. The Balaban J connectivity index is 1.83. The Hall–Kier alpha value is -1.55.